The number of aromatic nitrogens is 1. The van der Waals surface area contributed by atoms with Crippen LogP contribution in [0.15, 0.2) is 24.4 Å². The summed E-state index contributed by atoms with van der Waals surface area (Å²) in [6.07, 6.45) is 7.22. The van der Waals surface area contributed by atoms with E-state index in [1.54, 1.807) is 30.1 Å². The number of carbonyl (C=O) groups is 2. The van der Waals surface area contributed by atoms with Gasteiger partial charge in [0, 0.05) is 12.3 Å². The lowest BCUT2D eigenvalue weighted by Gasteiger charge is -2.20. The average Bonchev–Trinajstić information content (AvgIpc) is 2.46. The molecule has 0 radical (unpaired) electrons. The van der Waals surface area contributed by atoms with E-state index in [0.29, 0.717) is 11.4 Å². The number of amides is 1. The van der Waals surface area contributed by atoms with Crippen molar-refractivity contribution in [1.82, 2.24) is 4.98 Å². The quantitative estimate of drug-likeness (QED) is 0.833. The second-order valence-corrected chi connectivity index (χ2v) is 5.80. The van der Waals surface area contributed by atoms with Gasteiger partial charge in [-0.05, 0) is 42.4 Å². The number of thioether (sulfide) groups is 1. The molecule has 2 rings (SSSR count). The van der Waals surface area contributed by atoms with Crippen molar-refractivity contribution < 1.29 is 14.7 Å². The number of pyridine rings is 1. The van der Waals surface area contributed by atoms with Crippen LogP contribution < -0.4 is 5.32 Å². The van der Waals surface area contributed by atoms with Crippen LogP contribution in [-0.2, 0) is 9.59 Å². The minimum Gasteiger partial charge on any atom is -0.478 e. The fraction of sp³-hybridized carbons (Fsp3) is 0.357. The lowest BCUT2D eigenvalue weighted by atomic mass is 10.2. The first-order chi connectivity index (χ1) is 9.65. The summed E-state index contributed by atoms with van der Waals surface area (Å²) in [6.45, 7) is 0. The molecule has 6 heteroatoms. The third kappa shape index (κ3) is 4.38. The number of nitrogens with zero attached hydrogens (tertiary/aromatic N) is 1. The summed E-state index contributed by atoms with van der Waals surface area (Å²) in [7, 11) is 0. The van der Waals surface area contributed by atoms with E-state index < -0.39 is 5.97 Å². The van der Waals surface area contributed by atoms with Crippen LogP contribution in [0.2, 0.25) is 0 Å². The summed E-state index contributed by atoms with van der Waals surface area (Å²) in [5.41, 5.74) is 0.689. The number of rotatable bonds is 4. The van der Waals surface area contributed by atoms with Gasteiger partial charge >= 0.3 is 5.97 Å². The van der Waals surface area contributed by atoms with E-state index in [1.807, 2.05) is 0 Å². The Morgan fingerprint density at radius 2 is 2.30 bits per heavy atom. The van der Waals surface area contributed by atoms with Crippen molar-refractivity contribution in [2.45, 2.75) is 24.5 Å². The van der Waals surface area contributed by atoms with Gasteiger partial charge in [-0.3, -0.25) is 4.79 Å². The van der Waals surface area contributed by atoms with Crippen LogP contribution in [0.25, 0.3) is 6.08 Å². The molecular weight excluding hydrogens is 276 g/mol. The van der Waals surface area contributed by atoms with E-state index in [0.717, 1.165) is 24.7 Å². The number of carbonyl (C=O) groups excluding carboxylic acids is 1. The zero-order chi connectivity index (χ0) is 14.4. The molecule has 2 N–H and O–H groups in total. The largest absolute Gasteiger partial charge is 0.478 e. The maximum atomic E-state index is 12.1. The molecule has 1 amide bonds. The maximum Gasteiger partial charge on any atom is 0.328 e. The highest BCUT2D eigenvalue weighted by Gasteiger charge is 2.21. The molecular formula is C14H16N2O3S. The first-order valence-electron chi connectivity index (χ1n) is 6.45. The molecule has 0 aromatic carbocycles. The van der Waals surface area contributed by atoms with Gasteiger partial charge in [0.25, 0.3) is 0 Å². The van der Waals surface area contributed by atoms with Crippen LogP contribution >= 0.6 is 11.8 Å². The third-order valence-corrected chi connectivity index (χ3v) is 4.30. The van der Waals surface area contributed by atoms with E-state index in [9.17, 15) is 9.59 Å². The van der Waals surface area contributed by atoms with Crippen LogP contribution in [-0.4, -0.2) is 33.0 Å². The molecule has 1 aromatic heterocycles. The van der Waals surface area contributed by atoms with Crippen molar-refractivity contribution in [2.24, 2.45) is 0 Å². The van der Waals surface area contributed by atoms with Gasteiger partial charge < -0.3 is 10.4 Å². The van der Waals surface area contributed by atoms with Gasteiger partial charge in [0.15, 0.2) is 0 Å². The second kappa shape index (κ2) is 7.09. The zero-order valence-electron chi connectivity index (χ0n) is 10.9. The number of carboxylic acid groups (broad SMARTS) is 1. The van der Waals surface area contributed by atoms with E-state index in [1.165, 1.54) is 12.5 Å². The van der Waals surface area contributed by atoms with Gasteiger partial charge in [-0.15, -0.1) is 11.8 Å². The van der Waals surface area contributed by atoms with E-state index >= 15 is 0 Å². The summed E-state index contributed by atoms with van der Waals surface area (Å²) in [6, 6.07) is 3.34. The Balaban J connectivity index is 2.00. The van der Waals surface area contributed by atoms with Gasteiger partial charge in [0.1, 0.15) is 5.82 Å². The van der Waals surface area contributed by atoms with Crippen molar-refractivity contribution >= 4 is 35.5 Å². The first kappa shape index (κ1) is 14.6. The summed E-state index contributed by atoms with van der Waals surface area (Å²) in [4.78, 5) is 26.6. The topological polar surface area (TPSA) is 79.3 Å². The molecule has 1 aromatic rings. The van der Waals surface area contributed by atoms with E-state index in [4.69, 9.17) is 5.11 Å². The highest BCUT2D eigenvalue weighted by atomic mass is 32.2. The van der Waals surface area contributed by atoms with Crippen molar-refractivity contribution in [1.29, 1.82) is 0 Å². The average molecular weight is 292 g/mol. The van der Waals surface area contributed by atoms with Gasteiger partial charge in [-0.1, -0.05) is 6.42 Å². The summed E-state index contributed by atoms with van der Waals surface area (Å²) < 4.78 is 0. The number of aliphatic carboxylic acids is 1. The Morgan fingerprint density at radius 1 is 1.45 bits per heavy atom. The SMILES string of the molecule is O=C(O)/C=C/c1ccnc(NC(=O)C2CCCCS2)c1. The van der Waals surface area contributed by atoms with Crippen LogP contribution in [0.4, 0.5) is 5.82 Å². The van der Waals surface area contributed by atoms with Crippen LogP contribution in [0.3, 0.4) is 0 Å². The van der Waals surface area contributed by atoms with Gasteiger partial charge in [-0.2, -0.15) is 0 Å². The molecule has 5 nitrogen and oxygen atoms in total. The fourth-order valence-electron chi connectivity index (χ4n) is 1.94. The molecule has 20 heavy (non-hydrogen) atoms. The Morgan fingerprint density at radius 3 is 3.00 bits per heavy atom. The second-order valence-electron chi connectivity index (χ2n) is 4.49. The molecule has 1 aliphatic rings. The predicted molar refractivity (Wildman–Crippen MR) is 79.6 cm³/mol. The smallest absolute Gasteiger partial charge is 0.328 e. The van der Waals surface area contributed by atoms with Gasteiger partial charge in [0.2, 0.25) is 5.91 Å². The molecule has 0 aliphatic carbocycles. The normalized spacial score (nSPS) is 18.9. The monoisotopic (exact) mass is 292 g/mol. The van der Waals surface area contributed by atoms with E-state index in [2.05, 4.69) is 10.3 Å². The predicted octanol–water partition coefficient (Wildman–Crippen LogP) is 2.40. The van der Waals surface area contributed by atoms with Crippen LogP contribution in [0.5, 0.6) is 0 Å². The van der Waals surface area contributed by atoms with Crippen molar-refractivity contribution in [3.8, 4) is 0 Å². The summed E-state index contributed by atoms with van der Waals surface area (Å²) in [5.74, 6) is 0.439. The van der Waals surface area contributed by atoms with Gasteiger partial charge in [0.05, 0.1) is 5.25 Å². The molecule has 1 atom stereocenters. The number of carboxylic acids is 1. The van der Waals surface area contributed by atoms with Gasteiger partial charge in [-0.25, -0.2) is 9.78 Å². The first-order valence-corrected chi connectivity index (χ1v) is 7.49. The van der Waals surface area contributed by atoms with Crippen molar-refractivity contribution in [2.75, 3.05) is 11.1 Å². The maximum absolute atomic E-state index is 12.1. The van der Waals surface area contributed by atoms with Crippen LogP contribution in [0.1, 0.15) is 24.8 Å². The standard InChI is InChI=1S/C14H16N2O3S/c17-13(18)5-4-10-6-7-15-12(9-10)16-14(19)11-3-1-2-8-20-11/h4-7,9,11H,1-3,8H2,(H,17,18)(H,15,16,19)/b5-4+. The molecule has 1 aliphatic heterocycles. The summed E-state index contributed by atoms with van der Waals surface area (Å²) >= 11 is 1.68. The molecule has 1 unspecified atom stereocenters. The highest BCUT2D eigenvalue weighted by Crippen LogP contribution is 2.26. The Bertz CT molecular complexity index is 525. The molecule has 0 saturated carbocycles. The van der Waals surface area contributed by atoms with Crippen molar-refractivity contribution in [3.63, 3.8) is 0 Å². The Hall–Kier alpha value is -1.82. The fourth-order valence-corrected chi connectivity index (χ4v) is 3.14. The highest BCUT2D eigenvalue weighted by molar-refractivity contribution is 8.00. The lowest BCUT2D eigenvalue weighted by Crippen LogP contribution is -2.27. The zero-order valence-corrected chi connectivity index (χ0v) is 11.7. The molecule has 1 fully saturated rings. The third-order valence-electron chi connectivity index (χ3n) is 2.93. The number of anilines is 1. The lowest BCUT2D eigenvalue weighted by molar-refractivity contribution is -0.131. The number of hydrogen-bond acceptors (Lipinski definition) is 4. The Labute approximate surface area is 121 Å². The summed E-state index contributed by atoms with van der Waals surface area (Å²) in [5, 5.41) is 11.4. The number of nitrogens with one attached hydrogen (secondary N) is 1. The molecule has 1 saturated heterocycles. The molecule has 106 valence electrons. The molecule has 2 heterocycles. The van der Waals surface area contributed by atoms with E-state index in [-0.39, 0.29) is 11.2 Å². The Kier molecular flexibility index (Phi) is 5.17. The molecule has 0 bridgehead atoms. The van der Waals surface area contributed by atoms with Crippen LogP contribution in [0, 0.1) is 0 Å². The minimum atomic E-state index is -1.01. The molecule has 0 spiro atoms. The number of hydrogen-bond donors (Lipinski definition) is 2. The minimum absolute atomic E-state index is 0.0104. The van der Waals surface area contributed by atoms with Crippen molar-refractivity contribution in [3.05, 3.63) is 30.0 Å².